The van der Waals surface area contributed by atoms with Gasteiger partial charge < -0.3 is 4.74 Å². The zero-order chi connectivity index (χ0) is 11.0. The molecule has 2 fully saturated rings. The molecule has 3 unspecified atom stereocenters. The summed E-state index contributed by atoms with van der Waals surface area (Å²) in [5.41, 5.74) is 0. The number of ether oxygens (including phenoxy) is 1. The van der Waals surface area contributed by atoms with E-state index in [1.165, 1.54) is 7.11 Å². The summed E-state index contributed by atoms with van der Waals surface area (Å²) in [7, 11) is 3.36. The third kappa shape index (κ3) is 1.67. The molecule has 84 valence electrons. The minimum Gasteiger partial charge on any atom is -0.468 e. The van der Waals surface area contributed by atoms with Gasteiger partial charge in [-0.1, -0.05) is 6.42 Å². The Morgan fingerprint density at radius 1 is 1.47 bits per heavy atom. The van der Waals surface area contributed by atoms with E-state index in [2.05, 4.69) is 4.90 Å². The molecule has 0 aromatic carbocycles. The van der Waals surface area contributed by atoms with Crippen LogP contribution in [0.4, 0.5) is 0 Å². The Morgan fingerprint density at radius 2 is 2.20 bits per heavy atom. The molecule has 0 aromatic rings. The molecule has 2 rings (SSSR count). The first-order chi connectivity index (χ1) is 7.15. The minimum atomic E-state index is -0.545. The Kier molecular flexibility index (Phi) is 2.78. The molecule has 2 aliphatic heterocycles. The zero-order valence-corrected chi connectivity index (χ0v) is 9.23. The number of hydrogen-bond acceptors (Lipinski definition) is 4. The van der Waals surface area contributed by atoms with Gasteiger partial charge in [0.1, 0.15) is 11.7 Å². The SMILES string of the molecule is COC(=O)C1C(=O)CC2CCCC1N2C. The monoisotopic (exact) mass is 211 g/mol. The van der Waals surface area contributed by atoms with E-state index in [0.29, 0.717) is 12.5 Å². The van der Waals surface area contributed by atoms with Crippen molar-refractivity contribution >= 4 is 11.8 Å². The Labute approximate surface area is 89.6 Å². The van der Waals surface area contributed by atoms with Crippen LogP contribution in [0.15, 0.2) is 0 Å². The molecule has 2 bridgehead atoms. The van der Waals surface area contributed by atoms with Gasteiger partial charge in [-0.15, -0.1) is 0 Å². The molecule has 15 heavy (non-hydrogen) atoms. The Hall–Kier alpha value is -0.900. The lowest BCUT2D eigenvalue weighted by Gasteiger charge is -2.46. The van der Waals surface area contributed by atoms with Crippen molar-refractivity contribution in [1.82, 2.24) is 4.90 Å². The predicted octanol–water partition coefficient (Wildman–Crippen LogP) is 0.601. The number of ketones is 1. The molecule has 0 aliphatic carbocycles. The van der Waals surface area contributed by atoms with Gasteiger partial charge in [-0.25, -0.2) is 0 Å². The van der Waals surface area contributed by atoms with Crippen LogP contribution in [0.25, 0.3) is 0 Å². The van der Waals surface area contributed by atoms with Crippen LogP contribution in [0.2, 0.25) is 0 Å². The maximum Gasteiger partial charge on any atom is 0.317 e. The summed E-state index contributed by atoms with van der Waals surface area (Å²) < 4.78 is 4.71. The van der Waals surface area contributed by atoms with Crippen LogP contribution in [0, 0.1) is 5.92 Å². The van der Waals surface area contributed by atoms with Gasteiger partial charge in [-0.2, -0.15) is 0 Å². The number of nitrogens with zero attached hydrogens (tertiary/aromatic N) is 1. The lowest BCUT2D eigenvalue weighted by Crippen LogP contribution is -2.57. The number of piperidine rings is 2. The molecule has 2 aliphatic rings. The second-order valence-electron chi connectivity index (χ2n) is 4.49. The lowest BCUT2D eigenvalue weighted by atomic mass is 9.77. The fourth-order valence-electron chi connectivity index (χ4n) is 2.88. The van der Waals surface area contributed by atoms with E-state index < -0.39 is 5.92 Å². The smallest absolute Gasteiger partial charge is 0.317 e. The van der Waals surface area contributed by atoms with Crippen molar-refractivity contribution in [3.63, 3.8) is 0 Å². The summed E-state index contributed by atoms with van der Waals surface area (Å²) in [5.74, 6) is -0.844. The summed E-state index contributed by atoms with van der Waals surface area (Å²) in [6, 6.07) is 0.412. The number of hydrogen-bond donors (Lipinski definition) is 0. The van der Waals surface area contributed by atoms with Crippen LogP contribution < -0.4 is 0 Å². The minimum absolute atomic E-state index is 0.0645. The number of esters is 1. The van der Waals surface area contributed by atoms with Gasteiger partial charge in [-0.05, 0) is 19.9 Å². The Balaban J connectivity index is 2.22. The molecule has 4 heteroatoms. The zero-order valence-electron chi connectivity index (χ0n) is 9.23. The van der Waals surface area contributed by atoms with Crippen LogP contribution in [0.1, 0.15) is 25.7 Å². The van der Waals surface area contributed by atoms with E-state index >= 15 is 0 Å². The quantitative estimate of drug-likeness (QED) is 0.471. The summed E-state index contributed by atoms with van der Waals surface area (Å²) in [6.45, 7) is 0. The third-order valence-electron chi connectivity index (χ3n) is 3.76. The number of rotatable bonds is 1. The van der Waals surface area contributed by atoms with Crippen LogP contribution in [0.3, 0.4) is 0 Å². The molecule has 0 spiro atoms. The number of fused-ring (bicyclic) bond motifs is 2. The number of methoxy groups -OCH3 is 1. The summed E-state index contributed by atoms with van der Waals surface area (Å²) >= 11 is 0. The molecule has 2 heterocycles. The van der Waals surface area contributed by atoms with Crippen LogP contribution in [0.5, 0.6) is 0 Å². The van der Waals surface area contributed by atoms with E-state index in [9.17, 15) is 9.59 Å². The number of carbonyl (C=O) groups is 2. The van der Waals surface area contributed by atoms with Gasteiger partial charge in [0.2, 0.25) is 0 Å². The molecular weight excluding hydrogens is 194 g/mol. The topological polar surface area (TPSA) is 46.6 Å². The maximum atomic E-state index is 11.8. The Morgan fingerprint density at radius 3 is 2.87 bits per heavy atom. The van der Waals surface area contributed by atoms with E-state index in [-0.39, 0.29) is 17.8 Å². The van der Waals surface area contributed by atoms with Gasteiger partial charge >= 0.3 is 5.97 Å². The largest absolute Gasteiger partial charge is 0.468 e. The summed E-state index contributed by atoms with van der Waals surface area (Å²) in [6.07, 6.45) is 3.62. The highest BCUT2D eigenvalue weighted by atomic mass is 16.5. The summed E-state index contributed by atoms with van der Waals surface area (Å²) in [4.78, 5) is 25.6. The first-order valence-corrected chi connectivity index (χ1v) is 5.47. The van der Waals surface area contributed by atoms with E-state index in [1.807, 2.05) is 7.05 Å². The van der Waals surface area contributed by atoms with Crippen molar-refractivity contribution in [1.29, 1.82) is 0 Å². The van der Waals surface area contributed by atoms with Gasteiger partial charge in [0.25, 0.3) is 0 Å². The van der Waals surface area contributed by atoms with Crippen molar-refractivity contribution < 1.29 is 14.3 Å². The fourth-order valence-corrected chi connectivity index (χ4v) is 2.88. The first-order valence-electron chi connectivity index (χ1n) is 5.47. The van der Waals surface area contributed by atoms with Crippen molar-refractivity contribution in [2.24, 2.45) is 5.92 Å². The van der Waals surface area contributed by atoms with Crippen molar-refractivity contribution in [3.05, 3.63) is 0 Å². The van der Waals surface area contributed by atoms with E-state index in [4.69, 9.17) is 4.74 Å². The van der Waals surface area contributed by atoms with Crippen molar-refractivity contribution in [2.45, 2.75) is 37.8 Å². The molecule has 4 nitrogen and oxygen atoms in total. The third-order valence-corrected chi connectivity index (χ3v) is 3.76. The summed E-state index contributed by atoms with van der Waals surface area (Å²) in [5, 5.41) is 0. The molecule has 0 amide bonds. The second-order valence-corrected chi connectivity index (χ2v) is 4.49. The van der Waals surface area contributed by atoms with E-state index in [1.54, 1.807) is 0 Å². The highest BCUT2D eigenvalue weighted by molar-refractivity contribution is 6.00. The fraction of sp³-hybridized carbons (Fsp3) is 0.818. The molecule has 0 aromatic heterocycles. The lowest BCUT2D eigenvalue weighted by molar-refractivity contribution is -0.157. The second kappa shape index (κ2) is 3.93. The van der Waals surface area contributed by atoms with Gasteiger partial charge in [0.15, 0.2) is 0 Å². The average molecular weight is 211 g/mol. The van der Waals surface area contributed by atoms with Crippen LogP contribution in [-0.2, 0) is 14.3 Å². The van der Waals surface area contributed by atoms with E-state index in [0.717, 1.165) is 19.3 Å². The molecule has 0 N–H and O–H groups in total. The molecular formula is C11H17NO3. The maximum absolute atomic E-state index is 11.8. The average Bonchev–Trinajstić information content (AvgIpc) is 2.20. The van der Waals surface area contributed by atoms with Crippen LogP contribution in [-0.4, -0.2) is 42.9 Å². The molecule has 3 atom stereocenters. The molecule has 0 radical (unpaired) electrons. The van der Waals surface area contributed by atoms with Gasteiger partial charge in [0.05, 0.1) is 7.11 Å². The normalized spacial score (nSPS) is 36.4. The van der Waals surface area contributed by atoms with Crippen molar-refractivity contribution in [3.8, 4) is 0 Å². The number of Topliss-reactive ketones (excluding diaryl/α,β-unsaturated/α-hetero) is 1. The highest BCUT2D eigenvalue weighted by Crippen LogP contribution is 2.34. The predicted molar refractivity (Wildman–Crippen MR) is 54.3 cm³/mol. The Bertz CT molecular complexity index is 290. The van der Waals surface area contributed by atoms with Crippen LogP contribution >= 0.6 is 0 Å². The molecule has 2 saturated heterocycles. The first kappa shape index (κ1) is 10.6. The van der Waals surface area contributed by atoms with Gasteiger partial charge in [-0.3, -0.25) is 14.5 Å². The standard InChI is InChI=1S/C11H17NO3/c1-12-7-4-3-5-8(12)10(9(13)6-7)11(14)15-2/h7-8,10H,3-6H2,1-2H3. The number of carbonyl (C=O) groups excluding carboxylic acids is 2. The molecule has 0 saturated carbocycles. The highest BCUT2D eigenvalue weighted by Gasteiger charge is 2.46. The van der Waals surface area contributed by atoms with Gasteiger partial charge in [0, 0.05) is 18.5 Å². The van der Waals surface area contributed by atoms with Crippen molar-refractivity contribution in [2.75, 3.05) is 14.2 Å².